The van der Waals surface area contributed by atoms with Crippen molar-refractivity contribution < 1.29 is 0 Å². The fourth-order valence-electron chi connectivity index (χ4n) is 1.15. The van der Waals surface area contributed by atoms with Gasteiger partial charge >= 0.3 is 86.1 Å². The van der Waals surface area contributed by atoms with Crippen LogP contribution in [0.25, 0.3) is 8.92 Å². The van der Waals surface area contributed by atoms with Crippen LogP contribution in [0.5, 0.6) is 0 Å². The van der Waals surface area contributed by atoms with Crippen LogP contribution in [0.3, 0.4) is 0 Å². The second kappa shape index (κ2) is 3.41. The van der Waals surface area contributed by atoms with Gasteiger partial charge in [-0.2, -0.15) is 0 Å². The van der Waals surface area contributed by atoms with Crippen molar-refractivity contribution in [1.29, 1.82) is 0 Å². The summed E-state index contributed by atoms with van der Waals surface area (Å²) in [5.74, 6) is 0. The number of aromatic nitrogens is 1. The van der Waals surface area contributed by atoms with E-state index in [1.807, 2.05) is 0 Å². The van der Waals surface area contributed by atoms with E-state index in [0.29, 0.717) is 0 Å². The molecule has 12 heavy (non-hydrogen) atoms. The zero-order valence-electron chi connectivity index (χ0n) is 7.00. The monoisotopic (exact) mass is 293 g/mol. The van der Waals surface area contributed by atoms with Gasteiger partial charge in [-0.05, 0) is 0 Å². The van der Waals surface area contributed by atoms with Crippen LogP contribution >= 0.6 is 11.8 Å². The predicted molar refractivity (Wildman–Crippen MR) is 55.2 cm³/mol. The first-order chi connectivity index (χ1) is 5.79. The molecule has 0 unspecified atom stereocenters. The van der Waals surface area contributed by atoms with Crippen molar-refractivity contribution in [2.24, 2.45) is 0 Å². The van der Waals surface area contributed by atoms with E-state index >= 15 is 0 Å². The molecule has 0 amide bonds. The van der Waals surface area contributed by atoms with E-state index in [2.05, 4.69) is 36.4 Å². The van der Waals surface area contributed by atoms with E-state index < -0.39 is 0 Å². The predicted octanol–water partition coefficient (Wildman–Crippen LogP) is 2.32. The van der Waals surface area contributed by atoms with E-state index in [1.54, 1.807) is 11.8 Å². The summed E-state index contributed by atoms with van der Waals surface area (Å²) >= 11 is 1.69. The number of aryl methyl sites for hydroxylation is 1. The van der Waals surface area contributed by atoms with Gasteiger partial charge < -0.3 is 0 Å². The third kappa shape index (κ3) is 1.54. The Morgan fingerprint density at radius 1 is 1.42 bits per heavy atom. The van der Waals surface area contributed by atoms with Gasteiger partial charge in [-0.15, -0.1) is 0 Å². The Labute approximate surface area is 85.8 Å². The molecule has 1 aromatic heterocycles. The summed E-state index contributed by atoms with van der Waals surface area (Å²) in [6.07, 6.45) is 2.10. The molecule has 2 aromatic rings. The number of fused-ring (bicyclic) bond motifs is 1. The molecule has 2 rings (SSSR count). The molecule has 0 spiro atoms. The van der Waals surface area contributed by atoms with Crippen LogP contribution in [0.4, 0.5) is 0 Å². The van der Waals surface area contributed by atoms with E-state index in [1.165, 1.54) is 17.5 Å². The number of benzene rings is 1. The molecule has 1 heterocycles. The summed E-state index contributed by atoms with van der Waals surface area (Å²) in [6, 6.07) is 6.63. The number of thioether (sulfide) groups is 1. The van der Waals surface area contributed by atoms with E-state index in [-0.39, 0.29) is 20.4 Å². The summed E-state index contributed by atoms with van der Waals surface area (Å²) in [7, 11) is 0. The molecule has 0 aliphatic carbocycles. The quantitative estimate of drug-likeness (QED) is 0.591. The van der Waals surface area contributed by atoms with Crippen LogP contribution < -0.4 is 0 Å². The molecule has 0 radical (unpaired) electrons. The van der Waals surface area contributed by atoms with E-state index in [0.717, 1.165) is 0 Å². The maximum absolute atomic E-state index is 4.52. The Morgan fingerprint density at radius 3 is 3.00 bits per heavy atom. The molecule has 1 nitrogen and oxygen atoms in total. The second-order valence-corrected chi connectivity index (χ2v) is 6.97. The molecule has 0 N–H and O–H groups in total. The molecule has 0 bridgehead atoms. The third-order valence-corrected chi connectivity index (χ3v) is 5.14. The molecule has 1 aromatic carbocycles. The SMILES string of the molecule is CSc1ccc2[te]c(C)nc2c1. The van der Waals surface area contributed by atoms with Gasteiger partial charge in [-0.25, -0.2) is 0 Å². The van der Waals surface area contributed by atoms with E-state index in [9.17, 15) is 0 Å². The summed E-state index contributed by atoms with van der Waals surface area (Å²) < 4.78 is 2.85. The number of nitrogens with zero attached hydrogens (tertiary/aromatic N) is 1. The molecule has 62 valence electrons. The van der Waals surface area contributed by atoms with E-state index in [4.69, 9.17) is 0 Å². The van der Waals surface area contributed by atoms with Crippen LogP contribution in [0.2, 0.25) is 0 Å². The van der Waals surface area contributed by atoms with Gasteiger partial charge in [-0.1, -0.05) is 0 Å². The Bertz CT molecular complexity index is 408. The Balaban J connectivity index is 2.66. The van der Waals surface area contributed by atoms with Crippen LogP contribution in [0.1, 0.15) is 3.71 Å². The van der Waals surface area contributed by atoms with Gasteiger partial charge in [0.1, 0.15) is 0 Å². The second-order valence-electron chi connectivity index (χ2n) is 2.57. The van der Waals surface area contributed by atoms with Crippen LogP contribution in [-0.4, -0.2) is 31.7 Å². The summed E-state index contributed by atoms with van der Waals surface area (Å²) in [5.41, 5.74) is 1.22. The average molecular weight is 291 g/mol. The number of rotatable bonds is 1. The molecule has 3 heteroatoms. The van der Waals surface area contributed by atoms with Gasteiger partial charge in [0.05, 0.1) is 0 Å². The zero-order chi connectivity index (χ0) is 8.55. The summed E-state index contributed by atoms with van der Waals surface area (Å²) in [4.78, 5) is 5.84. The third-order valence-electron chi connectivity index (χ3n) is 1.70. The average Bonchev–Trinajstić information content (AvgIpc) is 2.43. The molecule has 0 saturated heterocycles. The summed E-state index contributed by atoms with van der Waals surface area (Å²) in [5, 5.41) is 0. The number of hydrogen-bond acceptors (Lipinski definition) is 2. The van der Waals surface area contributed by atoms with Crippen molar-refractivity contribution >= 4 is 41.1 Å². The number of hydrogen-bond donors (Lipinski definition) is 0. The Kier molecular flexibility index (Phi) is 2.45. The molecular weight excluding hydrogens is 282 g/mol. The van der Waals surface area contributed by atoms with Gasteiger partial charge in [0.2, 0.25) is 0 Å². The first kappa shape index (κ1) is 8.62. The first-order valence-electron chi connectivity index (χ1n) is 3.71. The van der Waals surface area contributed by atoms with Gasteiger partial charge in [0, 0.05) is 0 Å². The molecule has 0 saturated carbocycles. The Hall–Kier alpha value is 0.0296. The fourth-order valence-corrected chi connectivity index (χ4v) is 3.89. The van der Waals surface area contributed by atoms with Crippen molar-refractivity contribution in [3.8, 4) is 0 Å². The molecule has 0 fully saturated rings. The van der Waals surface area contributed by atoms with Crippen molar-refractivity contribution in [3.05, 3.63) is 21.9 Å². The standard InChI is InChI=1S/C9H9NSTe/c1-6-10-8-5-7(11-2)3-4-9(8)12-6/h3-5H,1-2H3. The summed E-state index contributed by atoms with van der Waals surface area (Å²) in [6.45, 7) is 2.14. The minimum atomic E-state index is -0.0902. The van der Waals surface area contributed by atoms with Crippen LogP contribution in [0, 0.1) is 6.92 Å². The van der Waals surface area contributed by atoms with Crippen molar-refractivity contribution in [1.82, 2.24) is 4.98 Å². The fraction of sp³-hybridized carbons (Fsp3) is 0.222. The van der Waals surface area contributed by atoms with Gasteiger partial charge in [0.15, 0.2) is 0 Å². The first-order valence-corrected chi connectivity index (χ1v) is 7.26. The maximum atomic E-state index is 4.52. The van der Waals surface area contributed by atoms with Crippen LogP contribution in [0.15, 0.2) is 23.1 Å². The van der Waals surface area contributed by atoms with Crippen molar-refractivity contribution in [3.63, 3.8) is 0 Å². The molecule has 0 aliphatic heterocycles. The molecule has 0 atom stereocenters. The Morgan fingerprint density at radius 2 is 2.25 bits per heavy atom. The molecular formula is C9H9NSTe. The topological polar surface area (TPSA) is 12.9 Å². The minimum absolute atomic E-state index is 0.0902. The van der Waals surface area contributed by atoms with Gasteiger partial charge in [0.25, 0.3) is 0 Å². The molecule has 0 aliphatic rings. The normalized spacial score (nSPS) is 10.8. The van der Waals surface area contributed by atoms with Crippen LogP contribution in [-0.2, 0) is 0 Å². The van der Waals surface area contributed by atoms with Gasteiger partial charge in [-0.3, -0.25) is 0 Å². The van der Waals surface area contributed by atoms with Crippen molar-refractivity contribution in [2.75, 3.05) is 6.26 Å². The van der Waals surface area contributed by atoms with Crippen molar-refractivity contribution in [2.45, 2.75) is 11.8 Å². The zero-order valence-corrected chi connectivity index (χ0v) is 10.1.